The van der Waals surface area contributed by atoms with Gasteiger partial charge in [-0.3, -0.25) is 9.35 Å². The van der Waals surface area contributed by atoms with Crippen LogP contribution in [0.1, 0.15) is 23.2 Å². The van der Waals surface area contributed by atoms with E-state index in [9.17, 15) is 38.8 Å². The number of nitrogens with zero attached hydrogens (tertiary/aromatic N) is 4. The maximum absolute atomic E-state index is 12.5. The summed E-state index contributed by atoms with van der Waals surface area (Å²) in [6, 6.07) is 14.8. The highest BCUT2D eigenvalue weighted by Gasteiger charge is 2.19. The van der Waals surface area contributed by atoms with Gasteiger partial charge in [0, 0.05) is 22.4 Å². The maximum atomic E-state index is 12.5. The fraction of sp³-hybridized carbons (Fsp3) is 0.174. The van der Waals surface area contributed by atoms with Crippen LogP contribution in [0.4, 0.5) is 0 Å². The number of carbonyl (C=O) groups excluding carboxylic acids is 1. The van der Waals surface area contributed by atoms with Crippen molar-refractivity contribution in [3.63, 3.8) is 0 Å². The number of ether oxygens (including phenoxy) is 2. The number of hydrogen-bond donors (Lipinski definition) is 1. The SMILES string of the molecule is COc1cc(=C(C#N)C#N)c(OCCCC(=O)c2ccccc2S(=O)(=O)O)cc1=C(C#N)C#N. The van der Waals surface area contributed by atoms with E-state index < -0.39 is 20.8 Å². The summed E-state index contributed by atoms with van der Waals surface area (Å²) in [4.78, 5) is 12.0. The molecule has 2 aromatic carbocycles. The third-order valence-corrected chi connectivity index (χ3v) is 5.47. The Morgan fingerprint density at radius 3 is 2.00 bits per heavy atom. The number of rotatable bonds is 8. The Labute approximate surface area is 195 Å². The average Bonchev–Trinajstić information content (AvgIpc) is 2.83. The molecule has 0 unspecified atom stereocenters. The van der Waals surface area contributed by atoms with Gasteiger partial charge in [0.25, 0.3) is 10.1 Å². The summed E-state index contributed by atoms with van der Waals surface area (Å²) in [5.74, 6) is -0.443. The molecule has 0 saturated heterocycles. The van der Waals surface area contributed by atoms with Gasteiger partial charge in [-0.15, -0.1) is 0 Å². The molecule has 0 aliphatic heterocycles. The zero-order valence-electron chi connectivity index (χ0n) is 17.8. The molecular formula is C23H16N4O6S. The van der Waals surface area contributed by atoms with Crippen molar-refractivity contribution in [2.24, 2.45) is 0 Å². The molecule has 34 heavy (non-hydrogen) atoms. The summed E-state index contributed by atoms with van der Waals surface area (Å²) in [6.45, 7) is -0.0862. The fourth-order valence-corrected chi connectivity index (χ4v) is 3.71. The molecule has 2 aromatic rings. The van der Waals surface area contributed by atoms with Crippen molar-refractivity contribution in [3.05, 3.63) is 52.4 Å². The molecule has 2 rings (SSSR count). The van der Waals surface area contributed by atoms with Crippen molar-refractivity contribution < 1.29 is 27.2 Å². The van der Waals surface area contributed by atoms with Gasteiger partial charge in [-0.1, -0.05) is 18.2 Å². The number of benzene rings is 2. The molecule has 0 aromatic heterocycles. The normalized spacial score (nSPS) is 10.1. The predicted molar refractivity (Wildman–Crippen MR) is 117 cm³/mol. The van der Waals surface area contributed by atoms with E-state index in [1.165, 1.54) is 37.4 Å². The Kier molecular flexibility index (Phi) is 8.47. The van der Waals surface area contributed by atoms with Crippen molar-refractivity contribution in [2.75, 3.05) is 13.7 Å². The van der Waals surface area contributed by atoms with Crippen LogP contribution in [0.3, 0.4) is 0 Å². The van der Waals surface area contributed by atoms with Crippen LogP contribution in [-0.4, -0.2) is 32.5 Å². The van der Waals surface area contributed by atoms with Crippen LogP contribution in [0.2, 0.25) is 0 Å². The lowest BCUT2D eigenvalue weighted by atomic mass is 10.1. The van der Waals surface area contributed by atoms with Gasteiger partial charge in [0.2, 0.25) is 0 Å². The first-order valence-corrected chi connectivity index (χ1v) is 10.9. The highest BCUT2D eigenvalue weighted by molar-refractivity contribution is 7.86. The second-order valence-electron chi connectivity index (χ2n) is 6.59. The van der Waals surface area contributed by atoms with E-state index in [4.69, 9.17) is 9.47 Å². The van der Waals surface area contributed by atoms with E-state index >= 15 is 0 Å². The summed E-state index contributed by atoms with van der Waals surface area (Å²) >= 11 is 0. The Bertz CT molecular complexity index is 1500. The van der Waals surface area contributed by atoms with Gasteiger partial charge >= 0.3 is 0 Å². The van der Waals surface area contributed by atoms with Crippen molar-refractivity contribution in [3.8, 4) is 35.8 Å². The number of methoxy groups -OCH3 is 1. The van der Waals surface area contributed by atoms with Crippen molar-refractivity contribution in [1.29, 1.82) is 21.0 Å². The fourth-order valence-electron chi connectivity index (χ4n) is 3.00. The second-order valence-corrected chi connectivity index (χ2v) is 7.98. The molecule has 0 radical (unpaired) electrons. The molecule has 0 aliphatic carbocycles. The molecule has 0 spiro atoms. The Morgan fingerprint density at radius 2 is 1.47 bits per heavy atom. The molecule has 0 atom stereocenters. The lowest BCUT2D eigenvalue weighted by Gasteiger charge is -2.10. The van der Waals surface area contributed by atoms with E-state index in [1.807, 2.05) is 0 Å². The van der Waals surface area contributed by atoms with Crippen LogP contribution in [0, 0.1) is 45.3 Å². The molecule has 0 aliphatic rings. The molecule has 1 N–H and O–H groups in total. The Morgan fingerprint density at radius 1 is 0.941 bits per heavy atom. The summed E-state index contributed by atoms with van der Waals surface area (Å²) in [6.07, 6.45) is -0.0212. The highest BCUT2D eigenvalue weighted by Crippen LogP contribution is 2.18. The number of ketones is 1. The van der Waals surface area contributed by atoms with E-state index in [-0.39, 0.29) is 58.1 Å². The summed E-state index contributed by atoms with van der Waals surface area (Å²) < 4.78 is 43.1. The minimum atomic E-state index is -4.58. The summed E-state index contributed by atoms with van der Waals surface area (Å²) in [5, 5.41) is 37.1. The highest BCUT2D eigenvalue weighted by atomic mass is 32.2. The van der Waals surface area contributed by atoms with Gasteiger partial charge in [0.05, 0.1) is 13.7 Å². The minimum absolute atomic E-state index is 0.0164. The lowest BCUT2D eigenvalue weighted by molar-refractivity contribution is 0.0970. The topological polar surface area (TPSA) is 185 Å². The number of hydrogen-bond acceptors (Lipinski definition) is 9. The van der Waals surface area contributed by atoms with E-state index in [2.05, 4.69) is 0 Å². The third kappa shape index (κ3) is 5.76. The van der Waals surface area contributed by atoms with Crippen LogP contribution in [0.15, 0.2) is 41.3 Å². The van der Waals surface area contributed by atoms with Crippen LogP contribution in [0.5, 0.6) is 11.5 Å². The van der Waals surface area contributed by atoms with Gasteiger partial charge in [-0.05, 0) is 24.6 Å². The first-order valence-electron chi connectivity index (χ1n) is 9.51. The predicted octanol–water partition coefficient (Wildman–Crippen LogP) is 1.38. The smallest absolute Gasteiger partial charge is 0.295 e. The Balaban J connectivity index is 2.37. The number of Topliss-reactive ketones (excluding diaryl/α,β-unsaturated/α-hetero) is 1. The zero-order valence-corrected chi connectivity index (χ0v) is 18.6. The van der Waals surface area contributed by atoms with Gasteiger partial charge in [-0.25, -0.2) is 0 Å². The molecule has 0 fully saturated rings. The summed E-state index contributed by atoms with van der Waals surface area (Å²) in [5.41, 5.74) is -0.738. The van der Waals surface area contributed by atoms with Crippen LogP contribution in [0.25, 0.3) is 11.1 Å². The molecule has 0 amide bonds. The number of carbonyl (C=O) groups is 1. The van der Waals surface area contributed by atoms with Gasteiger partial charge in [-0.2, -0.15) is 29.5 Å². The van der Waals surface area contributed by atoms with Crippen molar-refractivity contribution in [2.45, 2.75) is 17.7 Å². The van der Waals surface area contributed by atoms with E-state index in [1.54, 1.807) is 24.3 Å². The first-order chi connectivity index (χ1) is 16.2. The van der Waals surface area contributed by atoms with Crippen molar-refractivity contribution in [1.82, 2.24) is 0 Å². The molecule has 170 valence electrons. The standard InChI is InChI=1S/C23H16N4O6S/c1-32-21-9-19(16(13-26)14-27)22(10-18(21)15(11-24)12-25)33-8-4-6-20(28)17-5-2-3-7-23(17)34(29,30)31/h2-3,5,7,9-10H,4,6,8H2,1H3,(H,29,30,31). The summed E-state index contributed by atoms with van der Waals surface area (Å²) in [7, 11) is -3.29. The Hall–Kier alpha value is -4.68. The molecule has 0 bridgehead atoms. The minimum Gasteiger partial charge on any atom is -0.496 e. The first kappa shape index (κ1) is 25.6. The zero-order chi connectivity index (χ0) is 25.3. The van der Waals surface area contributed by atoms with Gasteiger partial charge in [0.15, 0.2) is 5.78 Å². The van der Waals surface area contributed by atoms with E-state index in [0.29, 0.717) is 0 Å². The number of nitriles is 4. The van der Waals surface area contributed by atoms with Crippen LogP contribution in [-0.2, 0) is 10.1 Å². The van der Waals surface area contributed by atoms with Gasteiger partial charge in [0.1, 0.15) is 51.8 Å². The van der Waals surface area contributed by atoms with Crippen LogP contribution < -0.4 is 19.9 Å². The monoisotopic (exact) mass is 476 g/mol. The lowest BCUT2D eigenvalue weighted by Crippen LogP contribution is -2.20. The molecule has 0 saturated carbocycles. The largest absolute Gasteiger partial charge is 0.496 e. The molecule has 0 heterocycles. The molecule has 10 nitrogen and oxygen atoms in total. The quantitative estimate of drug-likeness (QED) is 0.331. The van der Waals surface area contributed by atoms with Crippen molar-refractivity contribution >= 4 is 27.0 Å². The van der Waals surface area contributed by atoms with Gasteiger partial charge < -0.3 is 9.47 Å². The van der Waals surface area contributed by atoms with E-state index in [0.717, 1.165) is 6.07 Å². The molecular weight excluding hydrogens is 460 g/mol. The maximum Gasteiger partial charge on any atom is 0.295 e. The molecule has 11 heteroatoms. The average molecular weight is 476 g/mol. The van der Waals surface area contributed by atoms with Crippen LogP contribution >= 0.6 is 0 Å². The second kappa shape index (κ2) is 11.3. The third-order valence-electron chi connectivity index (χ3n) is 4.56.